The molecular formula is C21H33N3O4. The zero-order valence-electron chi connectivity index (χ0n) is 17.0. The van der Waals surface area contributed by atoms with Crippen molar-refractivity contribution in [2.24, 2.45) is 0 Å². The normalized spacial score (nSPS) is 17.2. The summed E-state index contributed by atoms with van der Waals surface area (Å²) in [5, 5.41) is 11.9. The first kappa shape index (κ1) is 22.0. The zero-order chi connectivity index (χ0) is 20.4. The van der Waals surface area contributed by atoms with E-state index in [1.54, 1.807) is 0 Å². The number of nitrogens with zero attached hydrogens (tertiary/aromatic N) is 2. The quantitative estimate of drug-likeness (QED) is 0.633. The summed E-state index contributed by atoms with van der Waals surface area (Å²) in [6.45, 7) is 4.67. The molecule has 0 saturated carbocycles. The topological polar surface area (TPSA) is 82.1 Å². The largest absolute Gasteiger partial charge is 0.494 e. The SMILES string of the molecule is CCCCOc1cccc(CNC(=O)N2CCCC(N(C)CC(=O)O)CC2)c1. The molecule has 0 bridgehead atoms. The number of carbonyl (C=O) groups is 2. The number of aliphatic carboxylic acids is 1. The van der Waals surface area contributed by atoms with E-state index in [1.807, 2.05) is 41.1 Å². The summed E-state index contributed by atoms with van der Waals surface area (Å²) < 4.78 is 5.72. The number of amides is 2. The van der Waals surface area contributed by atoms with Crippen molar-refractivity contribution in [1.82, 2.24) is 15.1 Å². The van der Waals surface area contributed by atoms with Crippen molar-refractivity contribution < 1.29 is 19.4 Å². The van der Waals surface area contributed by atoms with Crippen LogP contribution in [0.25, 0.3) is 0 Å². The Morgan fingerprint density at radius 3 is 2.89 bits per heavy atom. The number of likely N-dealkylation sites (tertiary alicyclic amines) is 1. The van der Waals surface area contributed by atoms with Gasteiger partial charge in [-0.15, -0.1) is 0 Å². The maximum atomic E-state index is 12.6. The van der Waals surface area contributed by atoms with Gasteiger partial charge in [-0.05, 0) is 50.4 Å². The van der Waals surface area contributed by atoms with Gasteiger partial charge in [0.25, 0.3) is 0 Å². The highest BCUT2D eigenvalue weighted by atomic mass is 16.5. The Hall–Kier alpha value is -2.28. The summed E-state index contributed by atoms with van der Waals surface area (Å²) in [6.07, 6.45) is 4.70. The Balaban J connectivity index is 1.80. The fourth-order valence-electron chi connectivity index (χ4n) is 3.43. The number of likely N-dealkylation sites (N-methyl/N-ethyl adjacent to an activating group) is 1. The molecule has 1 aromatic carbocycles. The highest BCUT2D eigenvalue weighted by Gasteiger charge is 2.23. The van der Waals surface area contributed by atoms with E-state index in [2.05, 4.69) is 12.2 Å². The van der Waals surface area contributed by atoms with Gasteiger partial charge in [-0.2, -0.15) is 0 Å². The summed E-state index contributed by atoms with van der Waals surface area (Å²) >= 11 is 0. The average Bonchev–Trinajstić information content (AvgIpc) is 2.92. The highest BCUT2D eigenvalue weighted by Crippen LogP contribution is 2.17. The van der Waals surface area contributed by atoms with Crippen molar-refractivity contribution >= 4 is 12.0 Å². The van der Waals surface area contributed by atoms with Gasteiger partial charge in [-0.3, -0.25) is 9.69 Å². The van der Waals surface area contributed by atoms with E-state index in [-0.39, 0.29) is 18.6 Å². The van der Waals surface area contributed by atoms with Crippen LogP contribution < -0.4 is 10.1 Å². The van der Waals surface area contributed by atoms with Gasteiger partial charge in [0, 0.05) is 25.7 Å². The van der Waals surface area contributed by atoms with Gasteiger partial charge >= 0.3 is 12.0 Å². The molecule has 2 N–H and O–H groups in total. The van der Waals surface area contributed by atoms with E-state index in [0.29, 0.717) is 26.2 Å². The minimum Gasteiger partial charge on any atom is -0.494 e. The molecule has 7 heteroatoms. The molecule has 2 rings (SSSR count). The van der Waals surface area contributed by atoms with Gasteiger partial charge in [0.1, 0.15) is 5.75 Å². The van der Waals surface area contributed by atoms with Gasteiger partial charge in [0.2, 0.25) is 0 Å². The maximum absolute atomic E-state index is 12.6. The van der Waals surface area contributed by atoms with Crippen LogP contribution >= 0.6 is 0 Å². The molecule has 0 aromatic heterocycles. The second-order valence-corrected chi connectivity index (χ2v) is 7.39. The smallest absolute Gasteiger partial charge is 0.317 e. The number of unbranched alkanes of at least 4 members (excludes halogenated alkanes) is 1. The summed E-state index contributed by atoms with van der Waals surface area (Å²) in [5.74, 6) is 0.0153. The minimum absolute atomic E-state index is 0.0352. The maximum Gasteiger partial charge on any atom is 0.317 e. The van der Waals surface area contributed by atoms with Gasteiger partial charge in [0.15, 0.2) is 0 Å². The Bertz CT molecular complexity index is 638. The molecule has 1 aliphatic heterocycles. The van der Waals surface area contributed by atoms with Crippen LogP contribution in [0.15, 0.2) is 24.3 Å². The molecule has 156 valence electrons. The summed E-state index contributed by atoms with van der Waals surface area (Å²) in [5.41, 5.74) is 1.01. The van der Waals surface area contributed by atoms with Crippen molar-refractivity contribution in [3.05, 3.63) is 29.8 Å². The molecule has 0 spiro atoms. The zero-order valence-corrected chi connectivity index (χ0v) is 17.0. The fraction of sp³-hybridized carbons (Fsp3) is 0.619. The number of urea groups is 1. The van der Waals surface area contributed by atoms with E-state index in [1.165, 1.54) is 0 Å². The van der Waals surface area contributed by atoms with Crippen LogP contribution in [-0.2, 0) is 11.3 Å². The summed E-state index contributed by atoms with van der Waals surface area (Å²) in [7, 11) is 1.84. The van der Waals surface area contributed by atoms with E-state index >= 15 is 0 Å². The predicted octanol–water partition coefficient (Wildman–Crippen LogP) is 2.95. The van der Waals surface area contributed by atoms with Gasteiger partial charge in [0.05, 0.1) is 13.2 Å². The van der Waals surface area contributed by atoms with Gasteiger partial charge < -0.3 is 20.1 Å². The summed E-state index contributed by atoms with van der Waals surface area (Å²) in [6, 6.07) is 7.95. The first-order chi connectivity index (χ1) is 13.5. The second-order valence-electron chi connectivity index (χ2n) is 7.39. The van der Waals surface area contributed by atoms with Crippen molar-refractivity contribution in [2.75, 3.05) is 33.3 Å². The molecule has 2 amide bonds. The third kappa shape index (κ3) is 7.38. The van der Waals surface area contributed by atoms with Crippen molar-refractivity contribution in [3.63, 3.8) is 0 Å². The van der Waals surface area contributed by atoms with Crippen LogP contribution in [0, 0.1) is 0 Å². The van der Waals surface area contributed by atoms with Crippen LogP contribution in [0.2, 0.25) is 0 Å². The molecule has 0 aliphatic carbocycles. The lowest BCUT2D eigenvalue weighted by molar-refractivity contribution is -0.138. The third-order valence-electron chi connectivity index (χ3n) is 5.10. The van der Waals surface area contributed by atoms with Crippen molar-refractivity contribution in [1.29, 1.82) is 0 Å². The third-order valence-corrected chi connectivity index (χ3v) is 5.10. The predicted molar refractivity (Wildman–Crippen MR) is 109 cm³/mol. The molecule has 7 nitrogen and oxygen atoms in total. The second kappa shape index (κ2) is 11.5. The van der Waals surface area contributed by atoms with Crippen molar-refractivity contribution in [3.8, 4) is 5.75 Å². The van der Waals surface area contributed by atoms with E-state index in [4.69, 9.17) is 9.84 Å². The average molecular weight is 392 g/mol. The van der Waals surface area contributed by atoms with Gasteiger partial charge in [-0.25, -0.2) is 4.79 Å². The molecule has 1 saturated heterocycles. The van der Waals surface area contributed by atoms with Crippen LogP contribution in [-0.4, -0.2) is 66.2 Å². The minimum atomic E-state index is -0.817. The first-order valence-electron chi connectivity index (χ1n) is 10.2. The number of nitrogens with one attached hydrogen (secondary N) is 1. The van der Waals surface area contributed by atoms with E-state index < -0.39 is 5.97 Å². The number of hydrogen-bond donors (Lipinski definition) is 2. The monoisotopic (exact) mass is 391 g/mol. The molecule has 1 aliphatic rings. The van der Waals surface area contributed by atoms with Crippen molar-refractivity contribution in [2.45, 2.75) is 51.6 Å². The Labute approximate surface area is 167 Å². The number of benzene rings is 1. The van der Waals surface area contributed by atoms with Crippen LogP contribution in [0.4, 0.5) is 4.79 Å². The Morgan fingerprint density at radius 2 is 2.14 bits per heavy atom. The molecular weight excluding hydrogens is 358 g/mol. The van der Waals surface area contributed by atoms with Crippen LogP contribution in [0.5, 0.6) is 5.75 Å². The fourth-order valence-corrected chi connectivity index (χ4v) is 3.43. The number of carboxylic acids is 1. The van der Waals surface area contributed by atoms with E-state index in [9.17, 15) is 9.59 Å². The standard InChI is InChI=1S/C21H33N3O4/c1-3-4-13-28-19-9-5-7-17(14-19)15-22-21(27)24-11-6-8-18(10-12-24)23(2)16-20(25)26/h5,7,9,14,18H,3-4,6,8,10-13,15-16H2,1-2H3,(H,22,27)(H,25,26). The number of hydrogen-bond acceptors (Lipinski definition) is 4. The molecule has 28 heavy (non-hydrogen) atoms. The lowest BCUT2D eigenvalue weighted by Gasteiger charge is -2.25. The molecule has 1 atom stereocenters. The van der Waals surface area contributed by atoms with Crippen LogP contribution in [0.3, 0.4) is 0 Å². The molecule has 1 aromatic rings. The molecule has 1 fully saturated rings. The lowest BCUT2D eigenvalue weighted by atomic mass is 10.1. The molecule has 0 radical (unpaired) electrons. The number of carbonyl (C=O) groups excluding carboxylic acids is 1. The lowest BCUT2D eigenvalue weighted by Crippen LogP contribution is -2.41. The van der Waals surface area contributed by atoms with Crippen LogP contribution in [0.1, 0.15) is 44.6 Å². The molecule has 1 heterocycles. The van der Waals surface area contributed by atoms with E-state index in [0.717, 1.165) is 43.4 Å². The summed E-state index contributed by atoms with van der Waals surface area (Å²) in [4.78, 5) is 27.2. The Morgan fingerprint density at radius 1 is 1.32 bits per heavy atom. The number of rotatable bonds is 9. The van der Waals surface area contributed by atoms with Gasteiger partial charge in [-0.1, -0.05) is 25.5 Å². The number of carboxylic acid groups (broad SMARTS) is 1. The highest BCUT2D eigenvalue weighted by molar-refractivity contribution is 5.74. The molecule has 1 unspecified atom stereocenters. The first-order valence-corrected chi connectivity index (χ1v) is 10.2. The Kier molecular flexibility index (Phi) is 9.07. The number of ether oxygens (including phenoxy) is 1.